The van der Waals surface area contributed by atoms with E-state index >= 15 is 0 Å². The summed E-state index contributed by atoms with van der Waals surface area (Å²) in [6, 6.07) is 5.75. The zero-order valence-electron chi connectivity index (χ0n) is 11.7. The average Bonchev–Trinajstić information content (AvgIpc) is 2.39. The number of hydrogen-bond acceptors (Lipinski definition) is 3. The highest BCUT2D eigenvalue weighted by molar-refractivity contribution is 6.02. The van der Waals surface area contributed by atoms with Crippen LogP contribution in [0.25, 0.3) is 0 Å². The smallest absolute Gasteiger partial charge is 0.257 e. The highest BCUT2D eigenvalue weighted by atomic mass is 16.2. The molecule has 3 N–H and O–H groups in total. The van der Waals surface area contributed by atoms with Gasteiger partial charge < -0.3 is 16.0 Å². The molecule has 5 heteroatoms. The van der Waals surface area contributed by atoms with E-state index in [-0.39, 0.29) is 29.8 Å². The van der Waals surface area contributed by atoms with Crippen LogP contribution in [0, 0.1) is 18.8 Å². The molecule has 0 saturated carbocycles. The molecule has 3 unspecified atom stereocenters. The molecule has 0 aliphatic carbocycles. The molecule has 1 fully saturated rings. The first-order valence-electron chi connectivity index (χ1n) is 6.96. The molecule has 2 heterocycles. The summed E-state index contributed by atoms with van der Waals surface area (Å²) in [6.07, 6.45) is 0.484. The molecule has 2 aliphatic rings. The summed E-state index contributed by atoms with van der Waals surface area (Å²) in [6.45, 7) is 4.64. The Morgan fingerprint density at radius 3 is 2.90 bits per heavy atom. The van der Waals surface area contributed by atoms with Crippen molar-refractivity contribution in [2.45, 2.75) is 26.4 Å². The number of anilines is 1. The Kier molecular flexibility index (Phi) is 2.92. The van der Waals surface area contributed by atoms with E-state index in [0.717, 1.165) is 17.7 Å². The van der Waals surface area contributed by atoms with E-state index in [4.69, 9.17) is 5.73 Å². The molecular formula is C15H19N3O2. The summed E-state index contributed by atoms with van der Waals surface area (Å²) in [5.41, 5.74) is 8.06. The first-order chi connectivity index (χ1) is 9.49. The van der Waals surface area contributed by atoms with Gasteiger partial charge in [0.1, 0.15) is 6.17 Å². The van der Waals surface area contributed by atoms with Crippen LogP contribution >= 0.6 is 0 Å². The Bertz CT molecular complexity index is 584. The quantitative estimate of drug-likeness (QED) is 0.810. The van der Waals surface area contributed by atoms with Gasteiger partial charge in [0.25, 0.3) is 5.91 Å². The Hall–Kier alpha value is -2.04. The lowest BCUT2D eigenvalue weighted by atomic mass is 9.82. The van der Waals surface area contributed by atoms with Crippen molar-refractivity contribution in [2.24, 2.45) is 17.6 Å². The number of hydrogen-bond donors (Lipinski definition) is 2. The third-order valence-corrected chi connectivity index (χ3v) is 4.41. The van der Waals surface area contributed by atoms with Crippen LogP contribution in [0.2, 0.25) is 0 Å². The zero-order valence-corrected chi connectivity index (χ0v) is 11.7. The van der Waals surface area contributed by atoms with Gasteiger partial charge in [0, 0.05) is 12.2 Å². The summed E-state index contributed by atoms with van der Waals surface area (Å²) in [4.78, 5) is 26.1. The second kappa shape index (κ2) is 4.51. The second-order valence-electron chi connectivity index (χ2n) is 5.83. The number of aryl methyl sites for hydroxylation is 1. The zero-order chi connectivity index (χ0) is 14.4. The van der Waals surface area contributed by atoms with Gasteiger partial charge in [0.2, 0.25) is 5.91 Å². The van der Waals surface area contributed by atoms with Crippen molar-refractivity contribution in [2.75, 3.05) is 11.9 Å². The predicted molar refractivity (Wildman–Crippen MR) is 76.1 cm³/mol. The Balaban J connectivity index is 2.03. The number of carbonyl (C=O) groups is 2. The third kappa shape index (κ3) is 1.85. The minimum atomic E-state index is -0.345. The van der Waals surface area contributed by atoms with E-state index < -0.39 is 0 Å². The molecule has 5 nitrogen and oxygen atoms in total. The van der Waals surface area contributed by atoms with E-state index in [1.54, 1.807) is 4.90 Å². The van der Waals surface area contributed by atoms with Crippen molar-refractivity contribution in [1.29, 1.82) is 0 Å². The topological polar surface area (TPSA) is 75.4 Å². The van der Waals surface area contributed by atoms with Gasteiger partial charge in [0.15, 0.2) is 0 Å². The number of fused-ring (bicyclic) bond motifs is 2. The number of primary amides is 1. The number of benzene rings is 1. The summed E-state index contributed by atoms with van der Waals surface area (Å²) in [7, 11) is 0. The Morgan fingerprint density at radius 2 is 2.20 bits per heavy atom. The van der Waals surface area contributed by atoms with Crippen LogP contribution in [-0.2, 0) is 4.79 Å². The van der Waals surface area contributed by atoms with Crippen LogP contribution in [0.15, 0.2) is 18.2 Å². The van der Waals surface area contributed by atoms with Crippen LogP contribution in [0.1, 0.15) is 29.3 Å². The maximum Gasteiger partial charge on any atom is 0.257 e. The summed E-state index contributed by atoms with van der Waals surface area (Å²) >= 11 is 0. The van der Waals surface area contributed by atoms with E-state index in [2.05, 4.69) is 5.32 Å². The number of amides is 2. The largest absolute Gasteiger partial charge is 0.369 e. The van der Waals surface area contributed by atoms with Gasteiger partial charge in [-0.3, -0.25) is 9.59 Å². The van der Waals surface area contributed by atoms with Gasteiger partial charge in [-0.05, 0) is 31.4 Å². The molecule has 0 aromatic heterocycles. The van der Waals surface area contributed by atoms with Gasteiger partial charge in [0.05, 0.1) is 11.5 Å². The standard InChI is InChI=1S/C15H19N3O2/c1-8-3-4-11-10(7-8)15(20)18-6-5-9(2)12(13(16)19)14(18)17-11/h3-4,7,9,12,14,17H,5-6H2,1-2H3,(H2,16,19). The average molecular weight is 273 g/mol. The lowest BCUT2D eigenvalue weighted by Crippen LogP contribution is -2.60. The molecule has 1 aromatic carbocycles. The number of nitrogens with zero attached hydrogens (tertiary/aromatic N) is 1. The van der Waals surface area contributed by atoms with Crippen LogP contribution in [0.5, 0.6) is 0 Å². The van der Waals surface area contributed by atoms with Crippen LogP contribution < -0.4 is 11.1 Å². The van der Waals surface area contributed by atoms with Crippen molar-refractivity contribution in [3.8, 4) is 0 Å². The first-order valence-corrected chi connectivity index (χ1v) is 6.96. The van der Waals surface area contributed by atoms with E-state index in [9.17, 15) is 9.59 Å². The van der Waals surface area contributed by atoms with Crippen LogP contribution in [0.3, 0.4) is 0 Å². The first kappa shape index (κ1) is 13.0. The van der Waals surface area contributed by atoms with Crippen molar-refractivity contribution >= 4 is 17.5 Å². The number of nitrogens with one attached hydrogen (secondary N) is 1. The van der Waals surface area contributed by atoms with Gasteiger partial charge >= 0.3 is 0 Å². The highest BCUT2D eigenvalue weighted by Crippen LogP contribution is 2.35. The van der Waals surface area contributed by atoms with Gasteiger partial charge in [-0.1, -0.05) is 18.6 Å². The van der Waals surface area contributed by atoms with Crippen LogP contribution in [0.4, 0.5) is 5.69 Å². The molecule has 1 saturated heterocycles. The monoisotopic (exact) mass is 273 g/mol. The molecule has 0 radical (unpaired) electrons. The molecule has 20 heavy (non-hydrogen) atoms. The van der Waals surface area contributed by atoms with E-state index in [1.165, 1.54) is 0 Å². The molecule has 2 amide bonds. The van der Waals surface area contributed by atoms with Crippen LogP contribution in [-0.4, -0.2) is 29.4 Å². The second-order valence-corrected chi connectivity index (χ2v) is 5.83. The molecule has 106 valence electrons. The molecule has 2 aliphatic heterocycles. The number of piperidine rings is 1. The van der Waals surface area contributed by atoms with Gasteiger partial charge in [-0.25, -0.2) is 0 Å². The molecular weight excluding hydrogens is 254 g/mol. The number of carbonyl (C=O) groups excluding carboxylic acids is 2. The molecule has 3 atom stereocenters. The molecule has 3 rings (SSSR count). The van der Waals surface area contributed by atoms with Crippen molar-refractivity contribution in [3.63, 3.8) is 0 Å². The van der Waals surface area contributed by atoms with E-state index in [0.29, 0.717) is 12.1 Å². The van der Waals surface area contributed by atoms with Crippen molar-refractivity contribution in [1.82, 2.24) is 4.90 Å². The number of rotatable bonds is 1. The molecule has 1 aromatic rings. The summed E-state index contributed by atoms with van der Waals surface area (Å²) < 4.78 is 0. The fraction of sp³-hybridized carbons (Fsp3) is 0.467. The number of nitrogens with two attached hydrogens (primary N) is 1. The maximum atomic E-state index is 12.6. The SMILES string of the molecule is Cc1ccc2c(c1)C(=O)N1CCC(C)C(C(N)=O)C1N2. The van der Waals surface area contributed by atoms with Gasteiger partial charge in [-0.15, -0.1) is 0 Å². The fourth-order valence-corrected chi connectivity index (χ4v) is 3.27. The normalized spacial score (nSPS) is 28.4. The van der Waals surface area contributed by atoms with Crippen molar-refractivity contribution in [3.05, 3.63) is 29.3 Å². The molecule has 0 bridgehead atoms. The maximum absolute atomic E-state index is 12.6. The summed E-state index contributed by atoms with van der Waals surface area (Å²) in [5, 5.41) is 3.32. The van der Waals surface area contributed by atoms with Crippen molar-refractivity contribution < 1.29 is 9.59 Å². The Morgan fingerprint density at radius 1 is 1.45 bits per heavy atom. The van der Waals surface area contributed by atoms with E-state index in [1.807, 2.05) is 32.0 Å². The highest BCUT2D eigenvalue weighted by Gasteiger charge is 2.44. The lowest BCUT2D eigenvalue weighted by molar-refractivity contribution is -0.126. The molecule has 0 spiro atoms. The predicted octanol–water partition coefficient (Wildman–Crippen LogP) is 1.33. The van der Waals surface area contributed by atoms with Gasteiger partial charge in [-0.2, -0.15) is 0 Å². The lowest BCUT2D eigenvalue weighted by Gasteiger charge is -2.46. The minimum Gasteiger partial charge on any atom is -0.369 e. The minimum absolute atomic E-state index is 0.00870. The third-order valence-electron chi connectivity index (χ3n) is 4.41. The Labute approximate surface area is 118 Å². The fourth-order valence-electron chi connectivity index (χ4n) is 3.27. The summed E-state index contributed by atoms with van der Waals surface area (Å²) in [5.74, 6) is -0.517.